The van der Waals surface area contributed by atoms with Crippen molar-refractivity contribution in [3.8, 4) is 5.75 Å². The molecule has 1 rings (SSSR count). The maximum Gasteiger partial charge on any atom is 0.120 e. The molecule has 2 nitrogen and oxygen atoms in total. The topological polar surface area (TPSA) is 32.3 Å². The van der Waals surface area contributed by atoms with Crippen LogP contribution in [0.2, 0.25) is 0 Å². The van der Waals surface area contributed by atoms with Crippen molar-refractivity contribution in [1.82, 2.24) is 5.32 Å². The van der Waals surface area contributed by atoms with Crippen molar-refractivity contribution in [3.63, 3.8) is 0 Å². The van der Waals surface area contributed by atoms with E-state index in [2.05, 4.69) is 19.2 Å². The monoisotopic (exact) mass is 193 g/mol. The van der Waals surface area contributed by atoms with Crippen molar-refractivity contribution in [1.29, 1.82) is 0 Å². The first-order valence-corrected chi connectivity index (χ1v) is 5.24. The number of hydrogen-bond donors (Lipinski definition) is 2. The van der Waals surface area contributed by atoms with Crippen LogP contribution in [0.15, 0.2) is 24.3 Å². The summed E-state index contributed by atoms with van der Waals surface area (Å²) in [6.07, 6.45) is 2.36. The van der Waals surface area contributed by atoms with Crippen LogP contribution in [-0.2, 0) is 6.54 Å². The molecule has 0 radical (unpaired) electrons. The third kappa shape index (κ3) is 3.38. The average molecular weight is 193 g/mol. The summed E-state index contributed by atoms with van der Waals surface area (Å²) >= 11 is 0. The van der Waals surface area contributed by atoms with Crippen molar-refractivity contribution >= 4 is 0 Å². The highest BCUT2D eigenvalue weighted by molar-refractivity contribution is 5.31. The van der Waals surface area contributed by atoms with Gasteiger partial charge in [-0.15, -0.1) is 0 Å². The van der Waals surface area contributed by atoms with Gasteiger partial charge in [-0.3, -0.25) is 0 Å². The number of aromatic hydroxyl groups is 1. The number of para-hydroxylation sites is 1. The molecule has 2 N–H and O–H groups in total. The maximum atomic E-state index is 9.51. The Labute approximate surface area is 86.0 Å². The van der Waals surface area contributed by atoms with Gasteiger partial charge in [-0.05, 0) is 19.4 Å². The SMILES string of the molecule is CCC[C@@H](C)NCc1ccccc1O. The highest BCUT2D eigenvalue weighted by atomic mass is 16.3. The largest absolute Gasteiger partial charge is 0.508 e. The number of benzene rings is 1. The van der Waals surface area contributed by atoms with Crippen LogP contribution in [0.25, 0.3) is 0 Å². The van der Waals surface area contributed by atoms with Gasteiger partial charge in [0.15, 0.2) is 0 Å². The van der Waals surface area contributed by atoms with Crippen LogP contribution in [0.5, 0.6) is 5.75 Å². The van der Waals surface area contributed by atoms with Crippen LogP contribution < -0.4 is 5.32 Å². The second-order valence-electron chi connectivity index (χ2n) is 3.70. The van der Waals surface area contributed by atoms with Gasteiger partial charge in [-0.1, -0.05) is 31.5 Å². The standard InChI is InChI=1S/C12H19NO/c1-3-6-10(2)13-9-11-7-4-5-8-12(11)14/h4-5,7-8,10,13-14H,3,6,9H2,1-2H3/t10-/m1/s1. The second-order valence-corrected chi connectivity index (χ2v) is 3.70. The molecule has 0 bridgehead atoms. The fourth-order valence-electron chi connectivity index (χ4n) is 1.48. The Kier molecular flexibility index (Phi) is 4.47. The number of rotatable bonds is 5. The molecule has 1 aromatic rings. The molecule has 78 valence electrons. The lowest BCUT2D eigenvalue weighted by atomic mass is 10.1. The Morgan fingerprint density at radius 2 is 2.07 bits per heavy atom. The summed E-state index contributed by atoms with van der Waals surface area (Å²) < 4.78 is 0. The Morgan fingerprint density at radius 3 is 2.71 bits per heavy atom. The van der Waals surface area contributed by atoms with E-state index >= 15 is 0 Å². The summed E-state index contributed by atoms with van der Waals surface area (Å²) in [4.78, 5) is 0. The van der Waals surface area contributed by atoms with E-state index < -0.39 is 0 Å². The minimum atomic E-state index is 0.378. The van der Waals surface area contributed by atoms with E-state index in [1.54, 1.807) is 6.07 Å². The summed E-state index contributed by atoms with van der Waals surface area (Å²) in [6, 6.07) is 7.97. The molecule has 0 aromatic heterocycles. The Hall–Kier alpha value is -1.02. The van der Waals surface area contributed by atoms with Gasteiger partial charge in [0, 0.05) is 18.2 Å². The quantitative estimate of drug-likeness (QED) is 0.753. The van der Waals surface area contributed by atoms with Crippen LogP contribution in [-0.4, -0.2) is 11.1 Å². The molecule has 0 saturated carbocycles. The predicted octanol–water partition coefficient (Wildman–Crippen LogP) is 2.67. The first-order chi connectivity index (χ1) is 6.74. The van der Waals surface area contributed by atoms with Crippen LogP contribution in [0, 0.1) is 0 Å². The summed E-state index contributed by atoms with van der Waals surface area (Å²) in [7, 11) is 0. The first-order valence-electron chi connectivity index (χ1n) is 5.24. The van der Waals surface area contributed by atoms with Gasteiger partial charge in [-0.25, -0.2) is 0 Å². The fraction of sp³-hybridized carbons (Fsp3) is 0.500. The van der Waals surface area contributed by atoms with Gasteiger partial charge in [0.2, 0.25) is 0 Å². The van der Waals surface area contributed by atoms with Crippen molar-refractivity contribution in [3.05, 3.63) is 29.8 Å². The molecule has 0 unspecified atom stereocenters. The predicted molar refractivity (Wildman–Crippen MR) is 59.3 cm³/mol. The number of nitrogens with one attached hydrogen (secondary N) is 1. The smallest absolute Gasteiger partial charge is 0.120 e. The summed E-state index contributed by atoms with van der Waals surface area (Å²) in [5.41, 5.74) is 0.968. The molecule has 0 aliphatic carbocycles. The lowest BCUT2D eigenvalue weighted by Crippen LogP contribution is -2.25. The normalized spacial score (nSPS) is 12.7. The van der Waals surface area contributed by atoms with Gasteiger partial charge >= 0.3 is 0 Å². The molecule has 1 atom stereocenters. The summed E-state index contributed by atoms with van der Waals surface area (Å²) in [6.45, 7) is 5.09. The van der Waals surface area contributed by atoms with Gasteiger partial charge < -0.3 is 10.4 Å². The van der Waals surface area contributed by atoms with E-state index in [0.717, 1.165) is 12.1 Å². The van der Waals surface area contributed by atoms with E-state index in [9.17, 15) is 5.11 Å². The van der Waals surface area contributed by atoms with E-state index in [-0.39, 0.29) is 0 Å². The fourth-order valence-corrected chi connectivity index (χ4v) is 1.48. The average Bonchev–Trinajstić information content (AvgIpc) is 2.17. The van der Waals surface area contributed by atoms with E-state index in [1.807, 2.05) is 18.2 Å². The van der Waals surface area contributed by atoms with Gasteiger partial charge in [0.25, 0.3) is 0 Å². The highest BCUT2D eigenvalue weighted by Gasteiger charge is 2.02. The molecule has 0 amide bonds. The number of hydrogen-bond acceptors (Lipinski definition) is 2. The van der Waals surface area contributed by atoms with Gasteiger partial charge in [0.1, 0.15) is 5.75 Å². The Bertz CT molecular complexity index is 273. The van der Waals surface area contributed by atoms with Gasteiger partial charge in [-0.2, -0.15) is 0 Å². The first kappa shape index (κ1) is 11.1. The molecule has 14 heavy (non-hydrogen) atoms. The minimum Gasteiger partial charge on any atom is -0.508 e. The Morgan fingerprint density at radius 1 is 1.36 bits per heavy atom. The molecule has 0 fully saturated rings. The zero-order valence-corrected chi connectivity index (χ0v) is 8.96. The number of phenolic OH excluding ortho intramolecular Hbond substituents is 1. The Balaban J connectivity index is 2.41. The van der Waals surface area contributed by atoms with Gasteiger partial charge in [0.05, 0.1) is 0 Å². The molecule has 0 aliphatic heterocycles. The van der Waals surface area contributed by atoms with Crippen LogP contribution in [0.1, 0.15) is 32.3 Å². The second kappa shape index (κ2) is 5.66. The molecular weight excluding hydrogens is 174 g/mol. The molecule has 0 spiro atoms. The third-order valence-corrected chi connectivity index (χ3v) is 2.35. The molecular formula is C12H19NO. The van der Waals surface area contributed by atoms with Crippen LogP contribution in [0.4, 0.5) is 0 Å². The van der Waals surface area contributed by atoms with Crippen LogP contribution >= 0.6 is 0 Å². The molecule has 1 aromatic carbocycles. The lowest BCUT2D eigenvalue weighted by Gasteiger charge is -2.13. The zero-order valence-electron chi connectivity index (χ0n) is 8.96. The van der Waals surface area contributed by atoms with E-state index in [1.165, 1.54) is 12.8 Å². The molecule has 0 aliphatic rings. The van der Waals surface area contributed by atoms with Crippen molar-refractivity contribution in [2.45, 2.75) is 39.3 Å². The van der Waals surface area contributed by atoms with Crippen LogP contribution in [0.3, 0.4) is 0 Å². The van der Waals surface area contributed by atoms with E-state index in [4.69, 9.17) is 0 Å². The van der Waals surface area contributed by atoms with Crippen molar-refractivity contribution < 1.29 is 5.11 Å². The summed E-state index contributed by atoms with van der Waals surface area (Å²) in [5, 5.41) is 12.9. The summed E-state index contributed by atoms with van der Waals surface area (Å²) in [5.74, 6) is 0.378. The number of phenols is 1. The van der Waals surface area contributed by atoms with Crippen molar-refractivity contribution in [2.75, 3.05) is 0 Å². The molecule has 2 heteroatoms. The minimum absolute atomic E-state index is 0.378. The maximum absolute atomic E-state index is 9.51. The third-order valence-electron chi connectivity index (χ3n) is 2.35. The zero-order chi connectivity index (χ0) is 10.4. The molecule has 0 saturated heterocycles. The van der Waals surface area contributed by atoms with E-state index in [0.29, 0.717) is 11.8 Å². The lowest BCUT2D eigenvalue weighted by molar-refractivity contribution is 0.454. The highest BCUT2D eigenvalue weighted by Crippen LogP contribution is 2.15. The van der Waals surface area contributed by atoms with Crippen molar-refractivity contribution in [2.24, 2.45) is 0 Å². The molecule has 0 heterocycles.